The van der Waals surface area contributed by atoms with E-state index in [4.69, 9.17) is 10.2 Å². The lowest BCUT2D eigenvalue weighted by Crippen LogP contribution is -2.18. The molecule has 0 spiro atoms. The molecule has 6 nitrogen and oxygen atoms in total. The number of nitrogens with one attached hydrogen (secondary N) is 1. The van der Waals surface area contributed by atoms with Crippen molar-refractivity contribution in [1.29, 1.82) is 0 Å². The number of para-hydroxylation sites is 1. The highest BCUT2D eigenvalue weighted by Gasteiger charge is 2.23. The van der Waals surface area contributed by atoms with Crippen LogP contribution in [0.1, 0.15) is 52.0 Å². The lowest BCUT2D eigenvalue weighted by Gasteiger charge is -2.26. The second kappa shape index (κ2) is 9.45. The highest BCUT2D eigenvalue weighted by molar-refractivity contribution is 5.92. The molecule has 3 aromatic carbocycles. The number of hydrogen-bond acceptors (Lipinski definition) is 3. The SMILES string of the molecule is CCCCCC(C)(C)c1ccc(-c2ccccc2NC(=O)O)c(-n2nc3ccccc3n2)c1. The number of anilines is 1. The van der Waals surface area contributed by atoms with Crippen LogP contribution >= 0.6 is 0 Å². The van der Waals surface area contributed by atoms with Crippen LogP contribution in [0.4, 0.5) is 10.5 Å². The number of rotatable bonds is 8. The number of hydrogen-bond donors (Lipinski definition) is 2. The molecule has 4 rings (SSSR count). The van der Waals surface area contributed by atoms with Gasteiger partial charge in [-0.1, -0.05) is 82.5 Å². The van der Waals surface area contributed by atoms with Crippen LogP contribution in [0.3, 0.4) is 0 Å². The van der Waals surface area contributed by atoms with Gasteiger partial charge in [0.15, 0.2) is 0 Å². The quantitative estimate of drug-likeness (QED) is 0.287. The number of fused-ring (bicyclic) bond motifs is 1. The second-order valence-electron chi connectivity index (χ2n) is 9.03. The minimum atomic E-state index is -1.10. The number of unbranched alkanes of at least 4 members (excludes halogenated alkanes) is 2. The van der Waals surface area contributed by atoms with E-state index >= 15 is 0 Å². The van der Waals surface area contributed by atoms with Crippen LogP contribution in [0, 0.1) is 0 Å². The van der Waals surface area contributed by atoms with Gasteiger partial charge in [0.05, 0.1) is 11.4 Å². The summed E-state index contributed by atoms with van der Waals surface area (Å²) in [6, 6.07) is 21.5. The third-order valence-electron chi connectivity index (χ3n) is 6.15. The smallest absolute Gasteiger partial charge is 0.409 e. The summed E-state index contributed by atoms with van der Waals surface area (Å²) in [5.74, 6) is 0. The Kier molecular flexibility index (Phi) is 6.45. The third kappa shape index (κ3) is 4.90. The molecule has 0 unspecified atom stereocenters. The average molecular weight is 443 g/mol. The van der Waals surface area contributed by atoms with Crippen LogP contribution < -0.4 is 5.32 Å². The summed E-state index contributed by atoms with van der Waals surface area (Å²) < 4.78 is 0. The largest absolute Gasteiger partial charge is 0.465 e. The summed E-state index contributed by atoms with van der Waals surface area (Å²) in [6.45, 7) is 6.76. The summed E-state index contributed by atoms with van der Waals surface area (Å²) in [6.07, 6.45) is 3.58. The summed E-state index contributed by atoms with van der Waals surface area (Å²) in [7, 11) is 0. The van der Waals surface area contributed by atoms with Gasteiger partial charge in [-0.25, -0.2) is 4.79 Å². The molecule has 0 radical (unpaired) electrons. The number of aromatic nitrogens is 3. The predicted octanol–water partition coefficient (Wildman–Crippen LogP) is 7.04. The maximum Gasteiger partial charge on any atom is 0.409 e. The molecule has 0 saturated heterocycles. The molecule has 6 heteroatoms. The first-order chi connectivity index (χ1) is 15.9. The van der Waals surface area contributed by atoms with Crippen molar-refractivity contribution in [3.63, 3.8) is 0 Å². The normalized spacial score (nSPS) is 11.6. The summed E-state index contributed by atoms with van der Waals surface area (Å²) in [5.41, 5.74) is 5.83. The van der Waals surface area contributed by atoms with Crippen LogP contribution in [0.25, 0.3) is 27.8 Å². The molecule has 1 heterocycles. The van der Waals surface area contributed by atoms with E-state index in [0.717, 1.165) is 34.3 Å². The Hall–Kier alpha value is -3.67. The molecule has 0 fully saturated rings. The Morgan fingerprint density at radius 1 is 0.939 bits per heavy atom. The molecule has 1 amide bonds. The van der Waals surface area contributed by atoms with E-state index < -0.39 is 6.09 Å². The topological polar surface area (TPSA) is 80.0 Å². The van der Waals surface area contributed by atoms with E-state index in [0.29, 0.717) is 5.69 Å². The van der Waals surface area contributed by atoms with Crippen molar-refractivity contribution in [3.8, 4) is 16.8 Å². The molecule has 0 saturated carbocycles. The maximum absolute atomic E-state index is 11.4. The Bertz CT molecular complexity index is 1240. The second-order valence-corrected chi connectivity index (χ2v) is 9.03. The Balaban J connectivity index is 1.88. The first-order valence-electron chi connectivity index (χ1n) is 11.5. The summed E-state index contributed by atoms with van der Waals surface area (Å²) in [5, 5.41) is 21.3. The van der Waals surface area contributed by atoms with Gasteiger partial charge in [-0.2, -0.15) is 0 Å². The molecule has 0 aliphatic rings. The van der Waals surface area contributed by atoms with E-state index in [1.165, 1.54) is 24.8 Å². The van der Waals surface area contributed by atoms with Gasteiger partial charge in [0.2, 0.25) is 0 Å². The molecule has 0 bridgehead atoms. The van der Waals surface area contributed by atoms with Gasteiger partial charge >= 0.3 is 6.09 Å². The molecule has 0 atom stereocenters. The number of amides is 1. The highest BCUT2D eigenvalue weighted by Crippen LogP contribution is 2.37. The molecule has 33 heavy (non-hydrogen) atoms. The van der Waals surface area contributed by atoms with E-state index in [-0.39, 0.29) is 5.41 Å². The van der Waals surface area contributed by atoms with Gasteiger partial charge in [-0.3, -0.25) is 5.32 Å². The third-order valence-corrected chi connectivity index (χ3v) is 6.15. The lowest BCUT2D eigenvalue weighted by molar-refractivity contribution is 0.210. The zero-order valence-corrected chi connectivity index (χ0v) is 19.4. The van der Waals surface area contributed by atoms with Gasteiger partial charge in [0, 0.05) is 11.1 Å². The van der Waals surface area contributed by atoms with Crippen molar-refractivity contribution < 1.29 is 9.90 Å². The number of nitrogens with zero attached hydrogens (tertiary/aromatic N) is 3. The molecule has 2 N–H and O–H groups in total. The van der Waals surface area contributed by atoms with Gasteiger partial charge in [0.25, 0.3) is 0 Å². The maximum atomic E-state index is 11.4. The Labute approximate surface area is 194 Å². The van der Waals surface area contributed by atoms with Crippen molar-refractivity contribution in [2.75, 3.05) is 5.32 Å². The molecular weight excluding hydrogens is 412 g/mol. The van der Waals surface area contributed by atoms with Crippen LogP contribution in [0.5, 0.6) is 0 Å². The Morgan fingerprint density at radius 3 is 2.27 bits per heavy atom. The van der Waals surface area contributed by atoms with Crippen LogP contribution in [0.2, 0.25) is 0 Å². The van der Waals surface area contributed by atoms with Crippen LogP contribution in [-0.2, 0) is 5.41 Å². The summed E-state index contributed by atoms with van der Waals surface area (Å²) >= 11 is 0. The van der Waals surface area contributed by atoms with Gasteiger partial charge in [-0.15, -0.1) is 15.0 Å². The zero-order chi connectivity index (χ0) is 23.4. The van der Waals surface area contributed by atoms with Crippen molar-refractivity contribution in [1.82, 2.24) is 15.0 Å². The van der Waals surface area contributed by atoms with E-state index in [1.807, 2.05) is 42.5 Å². The van der Waals surface area contributed by atoms with E-state index in [2.05, 4.69) is 44.3 Å². The average Bonchev–Trinajstić information content (AvgIpc) is 3.23. The molecule has 1 aromatic heterocycles. The number of carbonyl (C=O) groups is 1. The van der Waals surface area contributed by atoms with Gasteiger partial charge in [-0.05, 0) is 41.7 Å². The number of benzene rings is 3. The zero-order valence-electron chi connectivity index (χ0n) is 19.4. The molecule has 0 aliphatic heterocycles. The fourth-order valence-corrected chi connectivity index (χ4v) is 4.22. The number of carboxylic acid groups (broad SMARTS) is 1. The molecule has 170 valence electrons. The van der Waals surface area contributed by atoms with Gasteiger partial charge in [0.1, 0.15) is 11.0 Å². The summed E-state index contributed by atoms with van der Waals surface area (Å²) in [4.78, 5) is 13.1. The molecular formula is C27H30N4O2. The fraction of sp³-hybridized carbons (Fsp3) is 0.296. The monoisotopic (exact) mass is 442 g/mol. The minimum Gasteiger partial charge on any atom is -0.465 e. The van der Waals surface area contributed by atoms with Gasteiger partial charge < -0.3 is 5.11 Å². The predicted molar refractivity (Wildman–Crippen MR) is 133 cm³/mol. The Morgan fingerprint density at radius 2 is 1.61 bits per heavy atom. The molecule has 0 aliphatic carbocycles. The lowest BCUT2D eigenvalue weighted by atomic mass is 9.79. The van der Waals surface area contributed by atoms with E-state index in [1.54, 1.807) is 10.9 Å². The van der Waals surface area contributed by atoms with E-state index in [9.17, 15) is 9.90 Å². The van der Waals surface area contributed by atoms with Crippen molar-refractivity contribution in [2.24, 2.45) is 0 Å². The highest BCUT2D eigenvalue weighted by atomic mass is 16.4. The first-order valence-corrected chi connectivity index (χ1v) is 11.5. The van der Waals surface area contributed by atoms with Crippen LogP contribution in [0.15, 0.2) is 66.7 Å². The van der Waals surface area contributed by atoms with Crippen LogP contribution in [-0.4, -0.2) is 26.2 Å². The fourth-order valence-electron chi connectivity index (χ4n) is 4.22. The van der Waals surface area contributed by atoms with Crippen molar-refractivity contribution >= 4 is 22.8 Å². The first kappa shape index (κ1) is 22.5. The minimum absolute atomic E-state index is 0.00609. The van der Waals surface area contributed by atoms with Crippen molar-refractivity contribution in [3.05, 3.63) is 72.3 Å². The molecule has 4 aromatic rings. The standard InChI is InChI=1S/C27H30N4O2/c1-4-5-10-17-27(2,3)19-15-16-21(20-11-6-7-12-22(20)28-26(32)33)25(18-19)31-29-23-13-8-9-14-24(23)30-31/h6-9,11-16,18,28H,4-5,10,17H2,1-3H3,(H,32,33). The van der Waals surface area contributed by atoms with Crippen molar-refractivity contribution in [2.45, 2.75) is 51.9 Å².